The Balaban J connectivity index is 2.68. The molecular formula is C11H22N2O2. The van der Waals surface area contributed by atoms with Crippen LogP contribution in [0.5, 0.6) is 0 Å². The predicted octanol–water partition coefficient (Wildman–Crippen LogP) is 1.61. The molecule has 0 spiro atoms. The summed E-state index contributed by atoms with van der Waals surface area (Å²) in [4.78, 5) is 13.6. The van der Waals surface area contributed by atoms with E-state index in [4.69, 9.17) is 4.74 Å². The van der Waals surface area contributed by atoms with Crippen molar-refractivity contribution in [2.24, 2.45) is 0 Å². The van der Waals surface area contributed by atoms with Gasteiger partial charge in [-0.1, -0.05) is 0 Å². The standard InChI is InChI=1S/C11H22N2O2/c1-4-15-10(14)13-8-6-5-7-11(13,2)9-12-3/h12H,4-9H2,1-3H3. The molecule has 0 bridgehead atoms. The normalized spacial score (nSPS) is 26.5. The first-order chi connectivity index (χ1) is 7.14. The summed E-state index contributed by atoms with van der Waals surface area (Å²) in [6, 6.07) is 0. The van der Waals surface area contributed by atoms with Gasteiger partial charge >= 0.3 is 6.09 Å². The number of carbonyl (C=O) groups is 1. The van der Waals surface area contributed by atoms with Gasteiger partial charge in [-0.05, 0) is 40.2 Å². The Hall–Kier alpha value is -0.770. The number of carbonyl (C=O) groups excluding carboxylic acids is 1. The summed E-state index contributed by atoms with van der Waals surface area (Å²) in [7, 11) is 1.92. The third kappa shape index (κ3) is 2.84. The summed E-state index contributed by atoms with van der Waals surface area (Å²) < 4.78 is 5.08. The second kappa shape index (κ2) is 5.35. The van der Waals surface area contributed by atoms with Crippen LogP contribution >= 0.6 is 0 Å². The molecule has 4 heteroatoms. The Morgan fingerprint density at radius 1 is 1.53 bits per heavy atom. The monoisotopic (exact) mass is 214 g/mol. The molecule has 1 amide bonds. The molecule has 4 nitrogen and oxygen atoms in total. The number of rotatable bonds is 3. The van der Waals surface area contributed by atoms with Crippen molar-refractivity contribution in [2.75, 3.05) is 26.7 Å². The largest absolute Gasteiger partial charge is 0.450 e. The Kier molecular flexibility index (Phi) is 4.39. The highest BCUT2D eigenvalue weighted by molar-refractivity contribution is 5.68. The number of hydrogen-bond acceptors (Lipinski definition) is 3. The van der Waals surface area contributed by atoms with Gasteiger partial charge in [0.2, 0.25) is 0 Å². The van der Waals surface area contributed by atoms with E-state index in [1.807, 2.05) is 18.9 Å². The second-order valence-corrected chi connectivity index (χ2v) is 4.33. The number of piperidine rings is 1. The third-order valence-electron chi connectivity index (χ3n) is 3.04. The van der Waals surface area contributed by atoms with Crippen molar-refractivity contribution in [3.05, 3.63) is 0 Å². The highest BCUT2D eigenvalue weighted by Crippen LogP contribution is 2.27. The van der Waals surface area contributed by atoms with Gasteiger partial charge in [-0.3, -0.25) is 0 Å². The van der Waals surface area contributed by atoms with Gasteiger partial charge in [0, 0.05) is 13.1 Å². The smallest absolute Gasteiger partial charge is 0.410 e. The van der Waals surface area contributed by atoms with E-state index < -0.39 is 0 Å². The lowest BCUT2D eigenvalue weighted by atomic mass is 9.89. The lowest BCUT2D eigenvalue weighted by Crippen LogP contribution is -2.57. The SMILES string of the molecule is CCOC(=O)N1CCCCC1(C)CNC. The maximum absolute atomic E-state index is 11.8. The number of amides is 1. The van der Waals surface area contributed by atoms with Crippen LogP contribution in [0.2, 0.25) is 0 Å². The Labute approximate surface area is 92.0 Å². The molecule has 88 valence electrons. The van der Waals surface area contributed by atoms with Crippen molar-refractivity contribution in [3.8, 4) is 0 Å². The molecular weight excluding hydrogens is 192 g/mol. The molecule has 1 heterocycles. The van der Waals surface area contributed by atoms with Crippen LogP contribution in [0, 0.1) is 0 Å². The average molecular weight is 214 g/mol. The van der Waals surface area contributed by atoms with Crippen molar-refractivity contribution in [1.29, 1.82) is 0 Å². The van der Waals surface area contributed by atoms with Gasteiger partial charge in [0.15, 0.2) is 0 Å². The Morgan fingerprint density at radius 3 is 2.87 bits per heavy atom. The Bertz CT molecular complexity index is 217. The Morgan fingerprint density at radius 2 is 2.27 bits per heavy atom. The van der Waals surface area contributed by atoms with Crippen molar-refractivity contribution in [3.63, 3.8) is 0 Å². The van der Waals surface area contributed by atoms with Crippen LogP contribution in [0.3, 0.4) is 0 Å². The highest BCUT2D eigenvalue weighted by atomic mass is 16.6. The molecule has 1 saturated heterocycles. The zero-order valence-corrected chi connectivity index (χ0v) is 10.0. The lowest BCUT2D eigenvalue weighted by Gasteiger charge is -2.44. The van der Waals surface area contributed by atoms with E-state index in [1.165, 1.54) is 6.42 Å². The van der Waals surface area contributed by atoms with Crippen LogP contribution in [0.1, 0.15) is 33.1 Å². The van der Waals surface area contributed by atoms with Crippen LogP contribution in [0.4, 0.5) is 4.79 Å². The van der Waals surface area contributed by atoms with Crippen LogP contribution in [-0.4, -0.2) is 43.3 Å². The van der Waals surface area contributed by atoms with Crippen LogP contribution < -0.4 is 5.32 Å². The van der Waals surface area contributed by atoms with Gasteiger partial charge in [0.1, 0.15) is 0 Å². The van der Waals surface area contributed by atoms with Crippen LogP contribution in [-0.2, 0) is 4.74 Å². The topological polar surface area (TPSA) is 41.6 Å². The van der Waals surface area contributed by atoms with Gasteiger partial charge in [-0.15, -0.1) is 0 Å². The van der Waals surface area contributed by atoms with Gasteiger partial charge in [0.05, 0.1) is 12.1 Å². The molecule has 1 rings (SSSR count). The summed E-state index contributed by atoms with van der Waals surface area (Å²) in [6.07, 6.45) is 3.15. The minimum Gasteiger partial charge on any atom is -0.450 e. The maximum Gasteiger partial charge on any atom is 0.410 e. The van der Waals surface area contributed by atoms with E-state index in [0.29, 0.717) is 6.61 Å². The van der Waals surface area contributed by atoms with Gasteiger partial charge in [-0.2, -0.15) is 0 Å². The summed E-state index contributed by atoms with van der Waals surface area (Å²) in [5, 5.41) is 3.16. The molecule has 0 saturated carbocycles. The first kappa shape index (κ1) is 12.3. The van der Waals surface area contributed by atoms with Gasteiger partial charge < -0.3 is 15.0 Å². The molecule has 15 heavy (non-hydrogen) atoms. The van der Waals surface area contributed by atoms with Crippen LogP contribution in [0.15, 0.2) is 0 Å². The maximum atomic E-state index is 11.8. The van der Waals surface area contributed by atoms with E-state index in [0.717, 1.165) is 25.9 Å². The number of nitrogens with one attached hydrogen (secondary N) is 1. The van der Waals surface area contributed by atoms with E-state index in [-0.39, 0.29) is 11.6 Å². The lowest BCUT2D eigenvalue weighted by molar-refractivity contribution is 0.0385. The number of likely N-dealkylation sites (N-methyl/N-ethyl adjacent to an activating group) is 1. The summed E-state index contributed by atoms with van der Waals surface area (Å²) in [5.74, 6) is 0. The summed E-state index contributed by atoms with van der Waals surface area (Å²) >= 11 is 0. The van der Waals surface area contributed by atoms with E-state index in [9.17, 15) is 4.79 Å². The minimum absolute atomic E-state index is 0.0841. The number of likely N-dealkylation sites (tertiary alicyclic amines) is 1. The third-order valence-corrected chi connectivity index (χ3v) is 3.04. The molecule has 1 atom stereocenters. The van der Waals surface area contributed by atoms with E-state index in [1.54, 1.807) is 0 Å². The molecule has 0 aliphatic carbocycles. The first-order valence-electron chi connectivity index (χ1n) is 5.73. The van der Waals surface area contributed by atoms with Crippen molar-refractivity contribution in [1.82, 2.24) is 10.2 Å². The van der Waals surface area contributed by atoms with Crippen LogP contribution in [0.25, 0.3) is 0 Å². The molecule has 0 radical (unpaired) electrons. The highest BCUT2D eigenvalue weighted by Gasteiger charge is 2.37. The van der Waals surface area contributed by atoms with E-state index >= 15 is 0 Å². The molecule has 1 fully saturated rings. The molecule has 1 unspecified atom stereocenters. The predicted molar refractivity (Wildman–Crippen MR) is 59.9 cm³/mol. The molecule has 1 aliphatic heterocycles. The molecule has 1 N–H and O–H groups in total. The first-order valence-corrected chi connectivity index (χ1v) is 5.73. The molecule has 0 aromatic heterocycles. The van der Waals surface area contributed by atoms with Gasteiger partial charge in [0.25, 0.3) is 0 Å². The second-order valence-electron chi connectivity index (χ2n) is 4.33. The molecule has 0 aromatic carbocycles. The van der Waals surface area contributed by atoms with Gasteiger partial charge in [-0.25, -0.2) is 4.79 Å². The molecule has 1 aliphatic rings. The average Bonchev–Trinajstić information content (AvgIpc) is 2.18. The number of nitrogens with zero attached hydrogens (tertiary/aromatic N) is 1. The fourth-order valence-electron chi connectivity index (χ4n) is 2.26. The fourth-order valence-corrected chi connectivity index (χ4v) is 2.26. The quantitative estimate of drug-likeness (QED) is 0.776. The minimum atomic E-state index is -0.171. The zero-order chi connectivity index (χ0) is 11.3. The number of ether oxygens (including phenoxy) is 1. The summed E-state index contributed by atoms with van der Waals surface area (Å²) in [6.45, 7) is 6.06. The summed E-state index contributed by atoms with van der Waals surface area (Å²) in [5.41, 5.74) is -0.0841. The fraction of sp³-hybridized carbons (Fsp3) is 0.909. The van der Waals surface area contributed by atoms with E-state index in [2.05, 4.69) is 12.2 Å². The zero-order valence-electron chi connectivity index (χ0n) is 10.0. The van der Waals surface area contributed by atoms with Crippen molar-refractivity contribution in [2.45, 2.75) is 38.6 Å². The van der Waals surface area contributed by atoms with Crippen molar-refractivity contribution < 1.29 is 9.53 Å². The molecule has 0 aromatic rings. The van der Waals surface area contributed by atoms with Crippen molar-refractivity contribution >= 4 is 6.09 Å². The number of hydrogen-bond donors (Lipinski definition) is 1.